The van der Waals surface area contributed by atoms with Crippen LogP contribution in [0.5, 0.6) is 0 Å². The number of nitrogens with zero attached hydrogens (tertiary/aromatic N) is 2. The lowest BCUT2D eigenvalue weighted by Gasteiger charge is -2.06. The molecule has 1 aromatic rings. The zero-order valence-corrected chi connectivity index (χ0v) is 8.43. The summed E-state index contributed by atoms with van der Waals surface area (Å²) in [6.07, 6.45) is 3.22. The number of hydrogen-bond acceptors (Lipinski definition) is 4. The van der Waals surface area contributed by atoms with Crippen molar-refractivity contribution in [1.29, 1.82) is 0 Å². The van der Waals surface area contributed by atoms with Crippen molar-refractivity contribution in [1.82, 2.24) is 9.78 Å². The summed E-state index contributed by atoms with van der Waals surface area (Å²) in [7, 11) is 1.52. The molecule has 0 saturated carbocycles. The molecular weight excluding hydrogens is 182 g/mol. The maximum absolute atomic E-state index is 11.6. The second-order valence-electron chi connectivity index (χ2n) is 3.01. The predicted molar refractivity (Wildman–Crippen MR) is 52.1 cm³/mol. The first-order chi connectivity index (χ1) is 6.69. The quantitative estimate of drug-likeness (QED) is 0.677. The van der Waals surface area contributed by atoms with Gasteiger partial charge in [-0.1, -0.05) is 0 Å². The van der Waals surface area contributed by atoms with Gasteiger partial charge in [-0.25, -0.2) is 0 Å². The Bertz CT molecular complexity index is 309. The summed E-state index contributed by atoms with van der Waals surface area (Å²) in [6, 6.07) is -0.602. The molecule has 0 fully saturated rings. The van der Waals surface area contributed by atoms with Crippen LogP contribution in [0.1, 0.15) is 17.3 Å². The van der Waals surface area contributed by atoms with Crippen molar-refractivity contribution in [3.05, 3.63) is 18.0 Å². The maximum atomic E-state index is 11.6. The number of methoxy groups -OCH3 is 1. The van der Waals surface area contributed by atoms with Gasteiger partial charge in [-0.05, 0) is 6.92 Å². The minimum Gasteiger partial charge on any atom is -0.383 e. The SMILES string of the molecule is CCn1cc(C(=O)C(N)COC)cn1. The average molecular weight is 197 g/mol. The Balaban J connectivity index is 2.68. The third kappa shape index (κ3) is 2.40. The Morgan fingerprint density at radius 1 is 1.79 bits per heavy atom. The standard InChI is InChI=1S/C9H15N3O2/c1-3-12-5-7(4-11-12)9(13)8(10)6-14-2/h4-5,8H,3,6,10H2,1-2H3. The zero-order chi connectivity index (χ0) is 10.6. The molecule has 78 valence electrons. The summed E-state index contributed by atoms with van der Waals surface area (Å²) in [4.78, 5) is 11.6. The monoisotopic (exact) mass is 197 g/mol. The van der Waals surface area contributed by atoms with E-state index < -0.39 is 6.04 Å². The summed E-state index contributed by atoms with van der Waals surface area (Å²) in [5.41, 5.74) is 6.14. The Morgan fingerprint density at radius 2 is 2.50 bits per heavy atom. The molecule has 0 radical (unpaired) electrons. The maximum Gasteiger partial charge on any atom is 0.185 e. The zero-order valence-electron chi connectivity index (χ0n) is 8.43. The van der Waals surface area contributed by atoms with Crippen molar-refractivity contribution in [3.8, 4) is 0 Å². The predicted octanol–water partition coefficient (Wildman–Crippen LogP) is 0.0594. The summed E-state index contributed by atoms with van der Waals surface area (Å²) in [6.45, 7) is 2.93. The molecule has 5 heteroatoms. The van der Waals surface area contributed by atoms with Gasteiger partial charge in [-0.2, -0.15) is 5.10 Å². The van der Waals surface area contributed by atoms with Gasteiger partial charge in [0.05, 0.1) is 24.4 Å². The summed E-state index contributed by atoms with van der Waals surface area (Å²) in [5, 5.41) is 4.00. The molecule has 14 heavy (non-hydrogen) atoms. The Labute approximate surface area is 82.8 Å². The van der Waals surface area contributed by atoms with Crippen LogP contribution in [0.15, 0.2) is 12.4 Å². The van der Waals surface area contributed by atoms with Crippen LogP contribution >= 0.6 is 0 Å². The van der Waals surface area contributed by atoms with Gasteiger partial charge in [0.1, 0.15) is 0 Å². The van der Waals surface area contributed by atoms with Crippen LogP contribution in [-0.2, 0) is 11.3 Å². The van der Waals surface area contributed by atoms with Crippen LogP contribution < -0.4 is 5.73 Å². The summed E-state index contributed by atoms with van der Waals surface area (Å²) < 4.78 is 6.49. The lowest BCUT2D eigenvalue weighted by molar-refractivity contribution is 0.0892. The van der Waals surface area contributed by atoms with Crippen molar-refractivity contribution in [2.75, 3.05) is 13.7 Å². The van der Waals surface area contributed by atoms with E-state index in [9.17, 15) is 4.79 Å². The van der Waals surface area contributed by atoms with Crippen LogP contribution in [0.2, 0.25) is 0 Å². The molecule has 0 aliphatic rings. The lowest BCUT2D eigenvalue weighted by Crippen LogP contribution is -2.34. The minimum absolute atomic E-state index is 0.133. The molecule has 0 saturated heterocycles. The van der Waals surface area contributed by atoms with E-state index in [-0.39, 0.29) is 12.4 Å². The average Bonchev–Trinajstić information content (AvgIpc) is 2.65. The Hall–Kier alpha value is -1.20. The molecule has 5 nitrogen and oxygen atoms in total. The molecule has 0 aliphatic carbocycles. The van der Waals surface area contributed by atoms with Crippen LogP contribution in [0.25, 0.3) is 0 Å². The third-order valence-electron chi connectivity index (χ3n) is 1.92. The van der Waals surface area contributed by atoms with Crippen molar-refractivity contribution in [3.63, 3.8) is 0 Å². The normalized spacial score (nSPS) is 12.8. The smallest absolute Gasteiger partial charge is 0.185 e. The van der Waals surface area contributed by atoms with Crippen LogP contribution in [0, 0.1) is 0 Å². The highest BCUT2D eigenvalue weighted by atomic mass is 16.5. The van der Waals surface area contributed by atoms with Crippen molar-refractivity contribution >= 4 is 5.78 Å². The van der Waals surface area contributed by atoms with Crippen molar-refractivity contribution < 1.29 is 9.53 Å². The third-order valence-corrected chi connectivity index (χ3v) is 1.92. The van der Waals surface area contributed by atoms with E-state index in [1.807, 2.05) is 6.92 Å². The number of aromatic nitrogens is 2. The largest absolute Gasteiger partial charge is 0.383 e. The first-order valence-corrected chi connectivity index (χ1v) is 4.50. The van der Waals surface area contributed by atoms with Crippen LogP contribution in [0.4, 0.5) is 0 Å². The number of hydrogen-bond donors (Lipinski definition) is 1. The fourth-order valence-corrected chi connectivity index (χ4v) is 1.13. The Kier molecular flexibility index (Phi) is 3.79. The highest BCUT2D eigenvalue weighted by Gasteiger charge is 2.16. The van der Waals surface area contributed by atoms with Gasteiger partial charge in [-0.15, -0.1) is 0 Å². The second-order valence-corrected chi connectivity index (χ2v) is 3.01. The number of aryl methyl sites for hydroxylation is 1. The van der Waals surface area contributed by atoms with E-state index in [4.69, 9.17) is 10.5 Å². The molecule has 2 N–H and O–H groups in total. The van der Waals surface area contributed by atoms with Gasteiger partial charge in [0.15, 0.2) is 5.78 Å². The second kappa shape index (κ2) is 4.88. The topological polar surface area (TPSA) is 70.1 Å². The van der Waals surface area contributed by atoms with E-state index in [1.165, 1.54) is 13.3 Å². The molecule has 1 aromatic heterocycles. The van der Waals surface area contributed by atoms with Crippen LogP contribution in [-0.4, -0.2) is 35.3 Å². The van der Waals surface area contributed by atoms with E-state index in [0.29, 0.717) is 5.56 Å². The molecule has 1 unspecified atom stereocenters. The van der Waals surface area contributed by atoms with Crippen molar-refractivity contribution in [2.24, 2.45) is 5.73 Å². The number of ketones is 1. The van der Waals surface area contributed by atoms with Gasteiger partial charge in [0.25, 0.3) is 0 Å². The van der Waals surface area contributed by atoms with Crippen molar-refractivity contribution in [2.45, 2.75) is 19.5 Å². The fraction of sp³-hybridized carbons (Fsp3) is 0.556. The minimum atomic E-state index is -0.602. The number of rotatable bonds is 5. The van der Waals surface area contributed by atoms with E-state index >= 15 is 0 Å². The van der Waals surface area contributed by atoms with Gasteiger partial charge in [-0.3, -0.25) is 9.48 Å². The lowest BCUT2D eigenvalue weighted by atomic mass is 10.1. The number of carbonyl (C=O) groups excluding carboxylic acids is 1. The molecule has 1 heterocycles. The molecular formula is C9H15N3O2. The number of nitrogens with two attached hydrogens (primary N) is 1. The van der Waals surface area contributed by atoms with E-state index in [0.717, 1.165) is 6.54 Å². The highest BCUT2D eigenvalue weighted by Crippen LogP contribution is 2.01. The van der Waals surface area contributed by atoms with Gasteiger partial charge >= 0.3 is 0 Å². The highest BCUT2D eigenvalue weighted by molar-refractivity contribution is 5.99. The molecule has 0 aromatic carbocycles. The first kappa shape index (κ1) is 10.9. The van der Waals surface area contributed by atoms with Gasteiger partial charge < -0.3 is 10.5 Å². The molecule has 0 amide bonds. The van der Waals surface area contributed by atoms with Gasteiger partial charge in [0, 0.05) is 19.9 Å². The molecule has 0 spiro atoms. The molecule has 0 aliphatic heterocycles. The Morgan fingerprint density at radius 3 is 3.00 bits per heavy atom. The van der Waals surface area contributed by atoms with Gasteiger partial charge in [0.2, 0.25) is 0 Å². The van der Waals surface area contributed by atoms with E-state index in [1.54, 1.807) is 10.9 Å². The van der Waals surface area contributed by atoms with E-state index in [2.05, 4.69) is 5.10 Å². The van der Waals surface area contributed by atoms with Crippen LogP contribution in [0.3, 0.4) is 0 Å². The number of Topliss-reactive ketones (excluding diaryl/α,β-unsaturated/α-hetero) is 1. The summed E-state index contributed by atoms with van der Waals surface area (Å²) >= 11 is 0. The number of carbonyl (C=O) groups is 1. The fourth-order valence-electron chi connectivity index (χ4n) is 1.13. The first-order valence-electron chi connectivity index (χ1n) is 4.50. The summed E-state index contributed by atoms with van der Waals surface area (Å²) in [5.74, 6) is -0.133. The number of ether oxygens (including phenoxy) is 1. The molecule has 0 bridgehead atoms. The molecule has 1 atom stereocenters. The molecule has 1 rings (SSSR count).